The lowest BCUT2D eigenvalue weighted by Crippen LogP contribution is -2.08. The average Bonchev–Trinajstić information content (AvgIpc) is 2.97. The van der Waals surface area contributed by atoms with Crippen molar-refractivity contribution in [3.05, 3.63) is 23.2 Å². The molecule has 0 unspecified atom stereocenters. The van der Waals surface area contributed by atoms with Crippen LogP contribution in [-0.2, 0) is 9.84 Å². The molecule has 0 radical (unpaired) electrons. The second-order valence-electron chi connectivity index (χ2n) is 4.24. The van der Waals surface area contributed by atoms with Crippen LogP contribution in [0.25, 0.3) is 0 Å². The Morgan fingerprint density at radius 1 is 1.38 bits per heavy atom. The Morgan fingerprint density at radius 3 is 2.62 bits per heavy atom. The summed E-state index contributed by atoms with van der Waals surface area (Å²) in [4.78, 5) is 0.198. The Kier molecular flexibility index (Phi) is 3.13. The van der Waals surface area contributed by atoms with Gasteiger partial charge in [0.2, 0.25) is 0 Å². The zero-order chi connectivity index (χ0) is 11.8. The minimum Gasteiger partial charge on any atom is -0.399 e. The minimum absolute atomic E-state index is 0.182. The summed E-state index contributed by atoms with van der Waals surface area (Å²) < 4.78 is 23.9. The van der Waals surface area contributed by atoms with Crippen molar-refractivity contribution in [1.82, 2.24) is 0 Å². The normalized spacial score (nSPS) is 16.3. The molecule has 16 heavy (non-hydrogen) atoms. The summed E-state index contributed by atoms with van der Waals surface area (Å²) >= 11 is 5.89. The first-order valence-corrected chi connectivity index (χ1v) is 7.30. The smallest absolute Gasteiger partial charge is 0.179 e. The van der Waals surface area contributed by atoms with E-state index in [1.807, 2.05) is 0 Å². The Balaban J connectivity index is 2.20. The number of nitrogen functional groups attached to an aromatic ring is 1. The highest BCUT2D eigenvalue weighted by atomic mass is 35.5. The van der Waals surface area contributed by atoms with E-state index in [9.17, 15) is 8.42 Å². The molecular weight excluding hydrogens is 246 g/mol. The molecule has 0 amide bonds. The third-order valence-corrected chi connectivity index (χ3v) is 5.01. The zero-order valence-corrected chi connectivity index (χ0v) is 10.4. The van der Waals surface area contributed by atoms with Crippen molar-refractivity contribution in [3.63, 3.8) is 0 Å². The SMILES string of the molecule is Nc1ccc(S(=O)(=O)CCC2CC2)c(Cl)c1. The number of halogens is 1. The predicted octanol–water partition coefficient (Wildman–Crippen LogP) is 2.50. The van der Waals surface area contributed by atoms with E-state index in [0.29, 0.717) is 11.6 Å². The highest BCUT2D eigenvalue weighted by molar-refractivity contribution is 7.91. The van der Waals surface area contributed by atoms with Gasteiger partial charge >= 0.3 is 0 Å². The molecule has 0 saturated heterocycles. The van der Waals surface area contributed by atoms with Crippen LogP contribution >= 0.6 is 11.6 Å². The van der Waals surface area contributed by atoms with Gasteiger partial charge in [0.1, 0.15) is 0 Å². The first-order chi connectivity index (χ1) is 7.49. The van der Waals surface area contributed by atoms with Crippen molar-refractivity contribution >= 4 is 27.1 Å². The van der Waals surface area contributed by atoms with Gasteiger partial charge in [-0.15, -0.1) is 0 Å². The van der Waals surface area contributed by atoms with Gasteiger partial charge in [0.25, 0.3) is 0 Å². The third kappa shape index (κ3) is 2.68. The number of nitrogens with two attached hydrogens (primary N) is 1. The lowest BCUT2D eigenvalue weighted by Gasteiger charge is -2.06. The van der Waals surface area contributed by atoms with E-state index in [1.54, 1.807) is 6.07 Å². The number of benzene rings is 1. The van der Waals surface area contributed by atoms with Crippen molar-refractivity contribution in [2.75, 3.05) is 11.5 Å². The lowest BCUT2D eigenvalue weighted by atomic mass is 10.3. The number of anilines is 1. The highest BCUT2D eigenvalue weighted by Crippen LogP contribution is 2.34. The molecular formula is C11H14ClNO2S. The van der Waals surface area contributed by atoms with Gasteiger partial charge in [-0.25, -0.2) is 8.42 Å². The van der Waals surface area contributed by atoms with E-state index in [0.717, 1.165) is 19.3 Å². The summed E-state index contributed by atoms with van der Waals surface area (Å²) in [5.74, 6) is 0.781. The topological polar surface area (TPSA) is 60.2 Å². The first-order valence-electron chi connectivity index (χ1n) is 5.27. The molecule has 0 heterocycles. The molecule has 2 N–H and O–H groups in total. The van der Waals surface area contributed by atoms with Gasteiger partial charge in [0.15, 0.2) is 9.84 Å². The standard InChI is InChI=1S/C11H14ClNO2S/c12-10-7-9(13)3-4-11(10)16(14,15)6-5-8-1-2-8/h3-4,7-8H,1-2,5-6,13H2. The van der Waals surface area contributed by atoms with E-state index < -0.39 is 9.84 Å². The molecule has 1 fully saturated rings. The molecule has 2 rings (SSSR count). The van der Waals surface area contributed by atoms with E-state index >= 15 is 0 Å². The van der Waals surface area contributed by atoms with Gasteiger partial charge in [-0.1, -0.05) is 24.4 Å². The fourth-order valence-electron chi connectivity index (χ4n) is 1.61. The Hall–Kier alpha value is -0.740. The molecule has 0 spiro atoms. The van der Waals surface area contributed by atoms with Crippen LogP contribution in [0.2, 0.25) is 5.02 Å². The maximum absolute atomic E-state index is 12.0. The molecule has 88 valence electrons. The molecule has 1 saturated carbocycles. The molecule has 0 bridgehead atoms. The van der Waals surface area contributed by atoms with Crippen LogP contribution in [0.5, 0.6) is 0 Å². The number of rotatable bonds is 4. The molecule has 1 aromatic carbocycles. The molecule has 0 atom stereocenters. The second-order valence-corrected chi connectivity index (χ2v) is 6.73. The fourth-order valence-corrected chi connectivity index (χ4v) is 3.64. The Bertz CT molecular complexity index is 495. The largest absolute Gasteiger partial charge is 0.399 e. The quantitative estimate of drug-likeness (QED) is 0.845. The second kappa shape index (κ2) is 4.26. The predicted molar refractivity (Wildman–Crippen MR) is 65.3 cm³/mol. The van der Waals surface area contributed by atoms with Crippen molar-refractivity contribution < 1.29 is 8.42 Å². The number of sulfone groups is 1. The maximum Gasteiger partial charge on any atom is 0.179 e. The molecule has 1 aromatic rings. The van der Waals surface area contributed by atoms with Gasteiger partial charge in [-0.05, 0) is 30.5 Å². The summed E-state index contributed by atoms with van der Waals surface area (Å²) in [5, 5.41) is 0.218. The van der Waals surface area contributed by atoms with Crippen molar-refractivity contribution in [2.24, 2.45) is 5.92 Å². The summed E-state index contributed by atoms with van der Waals surface area (Å²) in [7, 11) is -3.25. The molecule has 0 aliphatic heterocycles. The third-order valence-electron chi connectivity index (χ3n) is 2.78. The molecule has 5 heteroatoms. The molecule has 0 aromatic heterocycles. The van der Waals surface area contributed by atoms with E-state index in [4.69, 9.17) is 17.3 Å². The molecule has 3 nitrogen and oxygen atoms in total. The first kappa shape index (κ1) is 11.7. The van der Waals surface area contributed by atoms with Gasteiger partial charge in [-0.2, -0.15) is 0 Å². The van der Waals surface area contributed by atoms with Crippen molar-refractivity contribution in [2.45, 2.75) is 24.2 Å². The summed E-state index contributed by atoms with van der Waals surface area (Å²) in [6, 6.07) is 4.53. The van der Waals surface area contributed by atoms with Crippen LogP contribution in [-0.4, -0.2) is 14.2 Å². The van der Waals surface area contributed by atoms with E-state index in [-0.39, 0.29) is 15.7 Å². The monoisotopic (exact) mass is 259 g/mol. The average molecular weight is 260 g/mol. The van der Waals surface area contributed by atoms with E-state index in [2.05, 4.69) is 0 Å². The van der Waals surface area contributed by atoms with Gasteiger partial charge < -0.3 is 5.73 Å². The minimum atomic E-state index is -3.25. The van der Waals surface area contributed by atoms with E-state index in [1.165, 1.54) is 12.1 Å². The van der Waals surface area contributed by atoms with Crippen LogP contribution in [0.15, 0.2) is 23.1 Å². The Labute approximate surface area is 101 Å². The van der Waals surface area contributed by atoms with Gasteiger partial charge in [0, 0.05) is 5.69 Å². The van der Waals surface area contributed by atoms with Crippen LogP contribution in [0.3, 0.4) is 0 Å². The zero-order valence-electron chi connectivity index (χ0n) is 8.82. The summed E-state index contributed by atoms with van der Waals surface area (Å²) in [6.45, 7) is 0. The van der Waals surface area contributed by atoms with Gasteiger partial charge in [0.05, 0.1) is 15.7 Å². The summed E-state index contributed by atoms with van der Waals surface area (Å²) in [5.41, 5.74) is 6.00. The van der Waals surface area contributed by atoms with Gasteiger partial charge in [-0.3, -0.25) is 0 Å². The van der Waals surface area contributed by atoms with Crippen LogP contribution in [0, 0.1) is 5.92 Å². The summed E-state index contributed by atoms with van der Waals surface area (Å²) in [6.07, 6.45) is 3.05. The van der Waals surface area contributed by atoms with Crippen LogP contribution in [0.1, 0.15) is 19.3 Å². The Morgan fingerprint density at radius 2 is 2.06 bits per heavy atom. The van der Waals surface area contributed by atoms with Crippen LogP contribution < -0.4 is 5.73 Å². The highest BCUT2D eigenvalue weighted by Gasteiger charge is 2.25. The lowest BCUT2D eigenvalue weighted by molar-refractivity contribution is 0.590. The number of hydrogen-bond acceptors (Lipinski definition) is 3. The fraction of sp³-hybridized carbons (Fsp3) is 0.455. The molecule has 1 aliphatic carbocycles. The van der Waals surface area contributed by atoms with Crippen LogP contribution in [0.4, 0.5) is 5.69 Å². The number of hydrogen-bond donors (Lipinski definition) is 1. The molecule has 1 aliphatic rings. The van der Waals surface area contributed by atoms with Crippen molar-refractivity contribution in [3.8, 4) is 0 Å². The maximum atomic E-state index is 12.0. The van der Waals surface area contributed by atoms with Crippen molar-refractivity contribution in [1.29, 1.82) is 0 Å².